The van der Waals surface area contributed by atoms with Crippen molar-refractivity contribution < 1.29 is 84.0 Å². The van der Waals surface area contributed by atoms with E-state index in [4.69, 9.17) is 24.0 Å². The van der Waals surface area contributed by atoms with Crippen LogP contribution in [-0.4, -0.2) is 185 Å². The van der Waals surface area contributed by atoms with E-state index in [0.717, 1.165) is 73.9 Å². The first kappa shape index (κ1) is 82.4. The summed E-state index contributed by atoms with van der Waals surface area (Å²) in [4.78, 5) is 118. The van der Waals surface area contributed by atoms with Gasteiger partial charge < -0.3 is 56.7 Å². The molecular weight excluding hydrogens is 1520 g/mol. The molecule has 12 rings (SSSR count). The Balaban J connectivity index is 0.000000200. The average Bonchev–Trinajstić information content (AvgIpc) is 1.07. The summed E-state index contributed by atoms with van der Waals surface area (Å²) >= 11 is 0. The number of hydrogen-bond acceptors (Lipinski definition) is 20. The number of benzene rings is 3. The van der Waals surface area contributed by atoms with E-state index in [-0.39, 0.29) is 88.0 Å². The first-order valence-corrected chi connectivity index (χ1v) is 35.6. The molecule has 5 amide bonds. The second-order valence-corrected chi connectivity index (χ2v) is 30.7. The maximum atomic E-state index is 13.9. The van der Waals surface area contributed by atoms with Crippen LogP contribution in [0, 0.1) is 28.2 Å². The molecule has 0 spiro atoms. The summed E-state index contributed by atoms with van der Waals surface area (Å²) in [7, 11) is 0. The van der Waals surface area contributed by atoms with E-state index >= 15 is 0 Å². The van der Waals surface area contributed by atoms with Crippen LogP contribution in [0.4, 0.5) is 27.0 Å². The van der Waals surface area contributed by atoms with Gasteiger partial charge in [0, 0.05) is 106 Å². The van der Waals surface area contributed by atoms with Gasteiger partial charge in [0.05, 0.1) is 18.1 Å². The molecule has 6 aliphatic rings. The summed E-state index contributed by atoms with van der Waals surface area (Å²) in [6.45, 7) is 30.8. The number of likely N-dealkylation sites (tertiary alicyclic amines) is 2. The molecule has 2 unspecified atom stereocenters. The van der Waals surface area contributed by atoms with Gasteiger partial charge in [-0.1, -0.05) is 70.1 Å². The van der Waals surface area contributed by atoms with Gasteiger partial charge in [-0.25, -0.2) is 24.5 Å². The van der Waals surface area contributed by atoms with Crippen LogP contribution in [0.1, 0.15) is 186 Å². The average molecular weight is 1620 g/mol. The number of aryl methyl sites for hydroxylation is 3. The van der Waals surface area contributed by atoms with Crippen molar-refractivity contribution in [1.29, 1.82) is 0 Å². The molecule has 6 aromatic rings. The largest absolute Gasteiger partial charge is 0.444 e. The Hall–Kier alpha value is -9.29. The van der Waals surface area contributed by atoms with Gasteiger partial charge >= 0.3 is 12.2 Å². The summed E-state index contributed by atoms with van der Waals surface area (Å²) in [5.74, 6) is 1.09. The van der Waals surface area contributed by atoms with E-state index in [1.165, 1.54) is 0 Å². The van der Waals surface area contributed by atoms with Gasteiger partial charge in [-0.05, 0) is 220 Å². The number of anilines is 3. The Morgan fingerprint density at radius 2 is 0.858 bits per heavy atom. The molecule has 0 aliphatic carbocycles. The van der Waals surface area contributed by atoms with Crippen LogP contribution < -0.4 is 20.0 Å². The van der Waals surface area contributed by atoms with Gasteiger partial charge in [0.15, 0.2) is 22.5 Å². The second-order valence-electron chi connectivity index (χ2n) is 30.7. The molecule has 3 saturated heterocycles. The number of aliphatic hydroxyl groups excluding tert-OH is 2. The number of rotatable bonds is 12. The molecule has 3 aromatic heterocycles. The Morgan fingerprint density at radius 3 is 1.16 bits per heavy atom. The maximum Gasteiger partial charge on any atom is 0.410 e. The number of nitrogens with zero attached hydrogens (tertiary/aromatic N) is 11. The Bertz CT molecular complexity index is 4220. The summed E-state index contributed by atoms with van der Waals surface area (Å²) in [5, 5.41) is 36.4. The third-order valence-electron chi connectivity index (χ3n) is 18.7. The molecule has 0 bridgehead atoms. The number of carbonyl (C=O) groups is 6. The standard InChI is InChI=1S/C28H36N4O5.C28H34N4O5.C23H28N4O3.CH3.W/c2*1-18-9-7-15-29-24(18)32(21-10-8-16-31(17-21)26(35)36-27(2,3)4)25(34)20-13-11-19(12-14-20)22-23(33)28(5,6)37-30-22;1-15-6-4-13-25-21(15)27(18-7-5-12-24-14-18)22(29)17-10-8-16(9-11-17)19-20(28)23(2,3)30-26-19;;/h7,9,11-15,21,23,33H,8,10,16-17H2,1-6H3;7,9,11-15,21H,8,10,16-17H2,1-6H3;4,6,8-11,13,18,20,24,28H,5,7,12,14H2,1-3H3;1H3;/q;;;-1;/t21-,23?;21-;18-,20?;;/m111../s1. The fraction of sp³-hybridized carbons (Fsp3) is 0.463. The van der Waals surface area contributed by atoms with Crippen LogP contribution in [0.5, 0.6) is 0 Å². The number of carbonyl (C=O) groups excluding carboxylic acids is 6. The Labute approximate surface area is 636 Å². The minimum absolute atomic E-state index is 0. The third kappa shape index (κ3) is 19.3. The molecule has 6 aliphatic heterocycles. The van der Waals surface area contributed by atoms with Gasteiger partial charge in [-0.3, -0.25) is 33.9 Å². The third-order valence-corrected chi connectivity index (χ3v) is 18.7. The molecule has 9 heterocycles. The molecule has 5 atom stereocenters. The minimum atomic E-state index is -1.00. The van der Waals surface area contributed by atoms with Crippen molar-refractivity contribution in [2.45, 2.75) is 201 Å². The van der Waals surface area contributed by atoms with E-state index in [1.807, 2.05) is 116 Å². The van der Waals surface area contributed by atoms with Crippen LogP contribution in [0.25, 0.3) is 0 Å². The van der Waals surface area contributed by atoms with E-state index in [1.54, 1.807) is 140 Å². The fourth-order valence-electron chi connectivity index (χ4n) is 12.9. The monoisotopic (exact) mass is 1620 g/mol. The number of aliphatic hydroxyl groups is 2. The van der Waals surface area contributed by atoms with Crippen molar-refractivity contribution in [3.8, 4) is 0 Å². The van der Waals surface area contributed by atoms with Crippen molar-refractivity contribution in [2.24, 2.45) is 15.5 Å². The van der Waals surface area contributed by atoms with E-state index in [0.29, 0.717) is 82.9 Å². The fourth-order valence-corrected chi connectivity index (χ4v) is 12.9. The summed E-state index contributed by atoms with van der Waals surface area (Å²) in [5.41, 5.74) is 3.55. The summed E-state index contributed by atoms with van der Waals surface area (Å²) in [6, 6.07) is 31.7. The van der Waals surface area contributed by atoms with Crippen LogP contribution in [0.3, 0.4) is 0 Å². The normalized spacial score (nSPS) is 20.6. The van der Waals surface area contributed by atoms with Gasteiger partial charge in [-0.15, -0.1) is 0 Å². The molecule has 25 nitrogen and oxygen atoms in total. The first-order chi connectivity index (χ1) is 49.1. The number of piperidine rings is 3. The molecule has 566 valence electrons. The molecule has 0 radical (unpaired) electrons. The second kappa shape index (κ2) is 34.1. The van der Waals surface area contributed by atoms with Gasteiger partial charge in [0.1, 0.15) is 52.3 Å². The number of nitrogens with one attached hydrogen (secondary N) is 1. The molecule has 3 aromatic carbocycles. The Morgan fingerprint density at radius 1 is 0.509 bits per heavy atom. The number of ketones is 1. The Kier molecular flexibility index (Phi) is 26.5. The van der Waals surface area contributed by atoms with Crippen molar-refractivity contribution in [3.05, 3.63) is 185 Å². The van der Waals surface area contributed by atoms with Crippen LogP contribution in [0.15, 0.2) is 143 Å². The topological polar surface area (TPSA) is 293 Å². The zero-order chi connectivity index (χ0) is 75.2. The summed E-state index contributed by atoms with van der Waals surface area (Å²) in [6.07, 6.45) is 7.47. The zero-order valence-electron chi connectivity index (χ0n) is 63.7. The SMILES string of the molecule is Cc1cccnc1N(C(=O)c1ccc(C2=NOC(C)(C)C2=O)cc1)[C@@H]1CCCN(C(=O)OC(C)(C)C)C1.Cc1cccnc1N(C(=O)c1ccc(C2=NOC(C)(C)C2O)cc1)[C@@H]1CCCN(C(=O)OC(C)(C)C)C1.Cc1cccnc1N(C(=O)c1ccc(C2=NOC(C)(C)C2O)cc1)[C@@H]1CCCNC1.[CH3-].[W]. The summed E-state index contributed by atoms with van der Waals surface area (Å²) < 4.78 is 11.2. The molecular formula is C80H101N12O13W-. The van der Waals surface area contributed by atoms with Crippen molar-refractivity contribution in [3.63, 3.8) is 0 Å². The minimum Gasteiger partial charge on any atom is -0.444 e. The van der Waals surface area contributed by atoms with Crippen molar-refractivity contribution in [1.82, 2.24) is 30.1 Å². The predicted octanol–water partition coefficient (Wildman–Crippen LogP) is 11.9. The number of oxime groups is 3. The number of pyridine rings is 3. The predicted molar refractivity (Wildman–Crippen MR) is 403 cm³/mol. The van der Waals surface area contributed by atoms with Crippen LogP contribution in [-0.2, 0) is 49.8 Å². The van der Waals surface area contributed by atoms with Crippen LogP contribution >= 0.6 is 0 Å². The first-order valence-electron chi connectivity index (χ1n) is 35.6. The molecule has 26 heteroatoms. The van der Waals surface area contributed by atoms with Crippen molar-refractivity contribution >= 4 is 70.3 Å². The van der Waals surface area contributed by atoms with Gasteiger partial charge in [0.25, 0.3) is 17.7 Å². The molecule has 3 N–H and O–H groups in total. The van der Waals surface area contributed by atoms with Gasteiger partial charge in [0.2, 0.25) is 5.78 Å². The van der Waals surface area contributed by atoms with Crippen LogP contribution in [0.2, 0.25) is 0 Å². The van der Waals surface area contributed by atoms with E-state index in [9.17, 15) is 39.0 Å². The van der Waals surface area contributed by atoms with Gasteiger partial charge in [-0.2, -0.15) is 0 Å². The quantitative estimate of drug-likeness (QED) is 0.0959. The maximum absolute atomic E-state index is 13.9. The number of ether oxygens (including phenoxy) is 2. The molecule has 0 saturated carbocycles. The molecule has 106 heavy (non-hydrogen) atoms. The number of Topliss-reactive ketones (excluding diaryl/α,β-unsaturated/α-hetero) is 1. The number of aromatic nitrogens is 3. The van der Waals surface area contributed by atoms with Crippen molar-refractivity contribution in [2.75, 3.05) is 54.0 Å². The number of amides is 5. The van der Waals surface area contributed by atoms with E-state index in [2.05, 4.69) is 35.7 Å². The smallest absolute Gasteiger partial charge is 0.410 e. The zero-order valence-corrected chi connectivity index (χ0v) is 66.6. The van der Waals surface area contributed by atoms with E-state index < -0.39 is 40.2 Å². The molecule has 3 fully saturated rings. The number of hydrogen-bond donors (Lipinski definition) is 3.